The molecule has 0 aromatic carbocycles. The summed E-state index contributed by atoms with van der Waals surface area (Å²) in [6.45, 7) is 11.8. The van der Waals surface area contributed by atoms with Crippen molar-refractivity contribution in [1.29, 1.82) is 0 Å². The molecule has 4 aliphatic rings. The number of hydrogen-bond acceptors (Lipinski definition) is 11. The van der Waals surface area contributed by atoms with E-state index in [0.717, 1.165) is 5.57 Å². The van der Waals surface area contributed by atoms with E-state index in [1.54, 1.807) is 21.1 Å². The maximum absolute atomic E-state index is 14.1. The van der Waals surface area contributed by atoms with Crippen molar-refractivity contribution in [3.05, 3.63) is 23.3 Å². The van der Waals surface area contributed by atoms with Gasteiger partial charge in [0.1, 0.15) is 24.0 Å². The number of carbonyl (C=O) groups is 3. The van der Waals surface area contributed by atoms with Gasteiger partial charge in [0, 0.05) is 44.9 Å². The zero-order valence-electron chi connectivity index (χ0n) is 33.2. The molecule has 4 rings (SSSR count). The Morgan fingerprint density at radius 3 is 2.28 bits per heavy atom. The van der Waals surface area contributed by atoms with Gasteiger partial charge in [0.15, 0.2) is 5.79 Å². The van der Waals surface area contributed by atoms with Crippen LogP contribution in [-0.2, 0) is 33.3 Å². The van der Waals surface area contributed by atoms with Crippen molar-refractivity contribution in [3.63, 3.8) is 0 Å². The molecule has 0 spiro atoms. The van der Waals surface area contributed by atoms with Crippen molar-refractivity contribution >= 4 is 17.7 Å². The molecule has 1 aliphatic carbocycles. The first-order valence-corrected chi connectivity index (χ1v) is 19.9. The van der Waals surface area contributed by atoms with Gasteiger partial charge in [-0.3, -0.25) is 9.59 Å². The van der Waals surface area contributed by atoms with Gasteiger partial charge < -0.3 is 44.3 Å². The molecule has 2 bridgehead atoms. The molecule has 0 aromatic rings. The summed E-state index contributed by atoms with van der Waals surface area (Å²) in [5.74, 6) is -4.46. The van der Waals surface area contributed by atoms with Crippen molar-refractivity contribution < 1.29 is 53.8 Å². The van der Waals surface area contributed by atoms with Crippen LogP contribution in [0.15, 0.2) is 23.3 Å². The number of rotatable bonds is 5. The SMILES string of the molecule is CC[C@@H]1/C=C(\C)C[C@H](C)C[C@H](OC)[C@H]2O[C@@](O)(CC(=O)N3CCC[C@H]3C(=O)O[C@H](/C(C)=C/[C@@H]3CC[C@@H](O)[C@H](O)C3)[C@H](C)[C@@H](O)CC1=O)[C@H](C)C[C@@H]2OC. The van der Waals surface area contributed by atoms with Gasteiger partial charge in [-0.05, 0) is 89.0 Å². The summed E-state index contributed by atoms with van der Waals surface area (Å²) in [6, 6.07) is -0.903. The van der Waals surface area contributed by atoms with Crippen LogP contribution in [0.4, 0.5) is 0 Å². The fourth-order valence-electron chi connectivity index (χ4n) is 9.07. The topological polar surface area (TPSA) is 172 Å². The van der Waals surface area contributed by atoms with Crippen LogP contribution in [0, 0.1) is 29.6 Å². The first kappa shape index (κ1) is 43.5. The summed E-state index contributed by atoms with van der Waals surface area (Å²) in [4.78, 5) is 43.2. The molecule has 3 fully saturated rings. The summed E-state index contributed by atoms with van der Waals surface area (Å²) in [6.07, 6.45) is 2.92. The molecule has 12 nitrogen and oxygen atoms in total. The lowest BCUT2D eigenvalue weighted by atomic mass is 9.81. The van der Waals surface area contributed by atoms with Crippen LogP contribution in [0.5, 0.6) is 0 Å². The summed E-state index contributed by atoms with van der Waals surface area (Å²) in [5.41, 5.74) is 1.71. The lowest BCUT2D eigenvalue weighted by Gasteiger charge is -2.47. The fourth-order valence-corrected chi connectivity index (χ4v) is 9.07. The second kappa shape index (κ2) is 19.1. The predicted molar refractivity (Wildman–Crippen MR) is 198 cm³/mol. The van der Waals surface area contributed by atoms with Crippen molar-refractivity contribution in [2.75, 3.05) is 20.8 Å². The number of allylic oxidation sites excluding steroid dienone is 3. The highest BCUT2D eigenvalue weighted by molar-refractivity contribution is 5.86. The van der Waals surface area contributed by atoms with Gasteiger partial charge in [-0.15, -0.1) is 0 Å². The van der Waals surface area contributed by atoms with Crippen LogP contribution in [0.3, 0.4) is 0 Å². The van der Waals surface area contributed by atoms with Gasteiger partial charge in [0.25, 0.3) is 0 Å². The molecule has 0 aromatic heterocycles. The van der Waals surface area contributed by atoms with Crippen LogP contribution >= 0.6 is 0 Å². The number of ketones is 1. The first-order chi connectivity index (χ1) is 25.0. The molecule has 12 heteroatoms. The van der Waals surface area contributed by atoms with E-state index in [0.29, 0.717) is 69.9 Å². The van der Waals surface area contributed by atoms with Gasteiger partial charge in [-0.25, -0.2) is 4.79 Å². The molecule has 302 valence electrons. The number of cyclic esters (lactones) is 1. The summed E-state index contributed by atoms with van der Waals surface area (Å²) >= 11 is 0. The number of fused-ring (bicyclic) bond motifs is 3. The molecule has 0 radical (unpaired) electrons. The average molecular weight is 750 g/mol. The van der Waals surface area contributed by atoms with Gasteiger partial charge in [0.2, 0.25) is 5.91 Å². The number of aliphatic hydroxyl groups excluding tert-OH is 3. The Morgan fingerprint density at radius 2 is 1.64 bits per heavy atom. The molecule has 14 atom stereocenters. The number of aliphatic hydroxyl groups is 4. The number of nitrogens with zero attached hydrogens (tertiary/aromatic N) is 1. The van der Waals surface area contributed by atoms with Crippen molar-refractivity contribution in [3.8, 4) is 0 Å². The Balaban J connectivity index is 1.71. The van der Waals surface area contributed by atoms with Crippen LogP contribution in [-0.4, -0.2) is 118 Å². The number of ether oxygens (including phenoxy) is 4. The Kier molecular flexibility index (Phi) is 15.7. The van der Waals surface area contributed by atoms with Gasteiger partial charge in [-0.1, -0.05) is 45.4 Å². The molecule has 3 heterocycles. The standard InChI is InChI=1S/C41H67NO11/c1-9-29-16-23(2)15-24(3)17-35(50-7)39-36(51-8)19-26(5)41(49,53-39)22-37(47)42-14-10-11-30(42)40(48)52-38(27(6)32(44)21-33(29)45)25(4)18-28-12-13-31(43)34(46)20-28/h16,18,24,26-32,34-36,38-39,43-44,46,49H,9-15,17,19-22H2,1-8H3/b23-16+,25-18+/t24-,26+,27+,28-,29+,30-,31+,32-,34+,35-,36-,38+,39+,41-/m0/s1. The molecular formula is C41H67NO11. The lowest BCUT2D eigenvalue weighted by Crippen LogP contribution is -2.59. The minimum absolute atomic E-state index is 0.0785. The van der Waals surface area contributed by atoms with Gasteiger partial charge >= 0.3 is 5.97 Å². The molecule has 2 saturated heterocycles. The van der Waals surface area contributed by atoms with E-state index in [9.17, 15) is 34.8 Å². The maximum Gasteiger partial charge on any atom is 0.329 e. The predicted octanol–water partition coefficient (Wildman–Crippen LogP) is 4.25. The zero-order chi connectivity index (χ0) is 39.2. The van der Waals surface area contributed by atoms with Crippen molar-refractivity contribution in [1.82, 2.24) is 4.90 Å². The van der Waals surface area contributed by atoms with E-state index in [1.165, 1.54) is 4.90 Å². The summed E-state index contributed by atoms with van der Waals surface area (Å²) in [5, 5.41) is 44.0. The highest BCUT2D eigenvalue weighted by atomic mass is 16.7. The number of carbonyl (C=O) groups excluding carboxylic acids is 3. The molecule has 53 heavy (non-hydrogen) atoms. The molecule has 0 unspecified atom stereocenters. The Hall–Kier alpha value is -2.19. The third kappa shape index (κ3) is 10.8. The average Bonchev–Trinajstić information content (AvgIpc) is 3.61. The van der Waals surface area contributed by atoms with Crippen molar-refractivity contribution in [2.24, 2.45) is 29.6 Å². The van der Waals surface area contributed by atoms with E-state index >= 15 is 0 Å². The Labute approximate surface area is 316 Å². The Morgan fingerprint density at radius 1 is 0.962 bits per heavy atom. The minimum Gasteiger partial charge on any atom is -0.456 e. The number of amides is 1. The van der Waals surface area contributed by atoms with E-state index in [1.807, 2.05) is 39.8 Å². The second-order valence-corrected chi connectivity index (χ2v) is 16.7. The molecular weight excluding hydrogens is 682 g/mol. The zero-order valence-corrected chi connectivity index (χ0v) is 33.2. The maximum atomic E-state index is 14.1. The van der Waals surface area contributed by atoms with Crippen LogP contribution < -0.4 is 0 Å². The van der Waals surface area contributed by atoms with E-state index in [-0.39, 0.29) is 36.6 Å². The summed E-state index contributed by atoms with van der Waals surface area (Å²) < 4.78 is 24.5. The van der Waals surface area contributed by atoms with Crippen LogP contribution in [0.25, 0.3) is 0 Å². The quantitative estimate of drug-likeness (QED) is 0.234. The number of methoxy groups -OCH3 is 2. The lowest BCUT2D eigenvalue weighted by molar-refractivity contribution is -0.321. The normalized spacial score (nSPS) is 43.0. The molecule has 4 N–H and O–H groups in total. The fraction of sp³-hybridized carbons (Fsp3) is 0.829. The van der Waals surface area contributed by atoms with E-state index < -0.39 is 78.1 Å². The number of hydrogen-bond donors (Lipinski definition) is 4. The molecule has 3 aliphatic heterocycles. The third-order valence-electron chi connectivity index (χ3n) is 12.4. The molecule has 1 amide bonds. The first-order valence-electron chi connectivity index (χ1n) is 19.9. The largest absolute Gasteiger partial charge is 0.456 e. The van der Waals surface area contributed by atoms with Gasteiger partial charge in [-0.2, -0.15) is 0 Å². The smallest absolute Gasteiger partial charge is 0.329 e. The van der Waals surface area contributed by atoms with Gasteiger partial charge in [0.05, 0.1) is 36.9 Å². The highest BCUT2D eigenvalue weighted by Gasteiger charge is 2.51. The number of Topliss-reactive ketones (excluding diaryl/α,β-unsaturated/α-hetero) is 1. The van der Waals surface area contributed by atoms with E-state index in [4.69, 9.17) is 18.9 Å². The van der Waals surface area contributed by atoms with Crippen LogP contribution in [0.1, 0.15) is 112 Å². The monoisotopic (exact) mass is 749 g/mol. The van der Waals surface area contributed by atoms with Crippen molar-refractivity contribution in [2.45, 2.75) is 167 Å². The highest BCUT2D eigenvalue weighted by Crippen LogP contribution is 2.40. The minimum atomic E-state index is -1.82. The third-order valence-corrected chi connectivity index (χ3v) is 12.4. The Bertz CT molecular complexity index is 1320. The number of esters is 1. The summed E-state index contributed by atoms with van der Waals surface area (Å²) in [7, 11) is 3.21. The second-order valence-electron chi connectivity index (χ2n) is 16.7. The van der Waals surface area contributed by atoms with Crippen LogP contribution in [0.2, 0.25) is 0 Å². The molecule has 1 saturated carbocycles. The van der Waals surface area contributed by atoms with E-state index in [2.05, 4.69) is 6.92 Å².